The molecule has 2 rings (SSSR count). The summed E-state index contributed by atoms with van der Waals surface area (Å²) >= 11 is 7.96. The summed E-state index contributed by atoms with van der Waals surface area (Å²) in [4.78, 5) is 20.2. The van der Waals surface area contributed by atoms with E-state index in [4.69, 9.17) is 12.2 Å². The van der Waals surface area contributed by atoms with Crippen molar-refractivity contribution in [2.24, 2.45) is 0 Å². The number of amides is 1. The normalized spacial score (nSPS) is 10.6. The van der Waals surface area contributed by atoms with Crippen molar-refractivity contribution in [2.75, 3.05) is 5.32 Å². The fourth-order valence-corrected chi connectivity index (χ4v) is 3.63. The summed E-state index contributed by atoms with van der Waals surface area (Å²) < 4.78 is 0.710. The standard InChI is InChI=1S/C11H13N3OS3/c1-3-7-10(17-5-12-7)14-9(15)4-8-6(2)13-11(16)18-8/h5H,3-4H2,1-2H3,(H,13,16)(H,14,15). The molecule has 0 aromatic carbocycles. The predicted molar refractivity (Wildman–Crippen MR) is 78.1 cm³/mol. The maximum atomic E-state index is 11.9. The van der Waals surface area contributed by atoms with Crippen molar-refractivity contribution in [1.29, 1.82) is 0 Å². The van der Waals surface area contributed by atoms with Crippen LogP contribution in [0.1, 0.15) is 23.2 Å². The van der Waals surface area contributed by atoms with E-state index in [1.165, 1.54) is 22.7 Å². The van der Waals surface area contributed by atoms with Crippen molar-refractivity contribution in [3.63, 3.8) is 0 Å². The fraction of sp³-hybridized carbons (Fsp3) is 0.364. The number of hydrogen-bond donors (Lipinski definition) is 2. The van der Waals surface area contributed by atoms with Gasteiger partial charge in [-0.25, -0.2) is 4.98 Å². The molecular formula is C11H13N3OS3. The second kappa shape index (κ2) is 5.73. The molecule has 0 aliphatic rings. The highest BCUT2D eigenvalue weighted by Crippen LogP contribution is 2.21. The second-order valence-electron chi connectivity index (χ2n) is 3.77. The fourth-order valence-electron chi connectivity index (χ4n) is 1.54. The zero-order chi connectivity index (χ0) is 13.1. The van der Waals surface area contributed by atoms with Crippen molar-refractivity contribution in [3.05, 3.63) is 25.7 Å². The van der Waals surface area contributed by atoms with Crippen molar-refractivity contribution >= 4 is 45.8 Å². The van der Waals surface area contributed by atoms with Crippen LogP contribution in [0.3, 0.4) is 0 Å². The topological polar surface area (TPSA) is 57.8 Å². The molecule has 0 saturated heterocycles. The SMILES string of the molecule is CCc1ncsc1NC(=O)Cc1sc(=S)[nH]c1C. The number of carbonyl (C=O) groups excluding carboxylic acids is 1. The molecule has 4 nitrogen and oxygen atoms in total. The van der Waals surface area contributed by atoms with Crippen LogP contribution in [0.4, 0.5) is 5.00 Å². The number of aromatic nitrogens is 2. The van der Waals surface area contributed by atoms with Crippen molar-refractivity contribution in [1.82, 2.24) is 9.97 Å². The second-order valence-corrected chi connectivity index (χ2v) is 6.40. The third-order valence-electron chi connectivity index (χ3n) is 2.47. The Labute approximate surface area is 118 Å². The number of carbonyl (C=O) groups is 1. The van der Waals surface area contributed by atoms with Crippen LogP contribution in [0.15, 0.2) is 5.51 Å². The lowest BCUT2D eigenvalue weighted by molar-refractivity contribution is -0.115. The average molecular weight is 299 g/mol. The maximum Gasteiger partial charge on any atom is 0.230 e. The number of anilines is 1. The van der Waals surface area contributed by atoms with Crippen molar-refractivity contribution < 1.29 is 4.79 Å². The van der Waals surface area contributed by atoms with Crippen LogP contribution in [-0.2, 0) is 17.6 Å². The van der Waals surface area contributed by atoms with E-state index in [2.05, 4.69) is 15.3 Å². The van der Waals surface area contributed by atoms with Gasteiger partial charge in [0.05, 0.1) is 17.6 Å². The molecule has 0 unspecified atom stereocenters. The molecule has 7 heteroatoms. The van der Waals surface area contributed by atoms with Gasteiger partial charge in [-0.2, -0.15) is 0 Å². The summed E-state index contributed by atoms with van der Waals surface area (Å²) in [5, 5.41) is 3.75. The van der Waals surface area contributed by atoms with E-state index >= 15 is 0 Å². The lowest BCUT2D eigenvalue weighted by atomic mass is 10.3. The van der Waals surface area contributed by atoms with Gasteiger partial charge in [0, 0.05) is 10.6 Å². The number of rotatable bonds is 4. The lowest BCUT2D eigenvalue weighted by Gasteiger charge is -2.03. The highest BCUT2D eigenvalue weighted by molar-refractivity contribution is 7.73. The molecule has 0 aliphatic carbocycles. The molecule has 0 saturated carbocycles. The van der Waals surface area contributed by atoms with E-state index in [-0.39, 0.29) is 5.91 Å². The molecule has 0 bridgehead atoms. The van der Waals surface area contributed by atoms with Gasteiger partial charge in [-0.3, -0.25) is 4.79 Å². The van der Waals surface area contributed by atoms with Crippen LogP contribution < -0.4 is 5.32 Å². The first kappa shape index (κ1) is 13.4. The van der Waals surface area contributed by atoms with E-state index < -0.39 is 0 Å². The van der Waals surface area contributed by atoms with E-state index in [0.717, 1.165) is 27.7 Å². The maximum absolute atomic E-state index is 11.9. The Balaban J connectivity index is 2.05. The minimum atomic E-state index is -0.0256. The van der Waals surface area contributed by atoms with Gasteiger partial charge in [0.1, 0.15) is 5.00 Å². The van der Waals surface area contributed by atoms with Crippen LogP contribution >= 0.6 is 34.9 Å². The van der Waals surface area contributed by atoms with E-state index in [1.807, 2.05) is 13.8 Å². The molecule has 2 aromatic heterocycles. The predicted octanol–water partition coefficient (Wildman–Crippen LogP) is 3.31. The molecule has 2 heterocycles. The Hall–Kier alpha value is -1.05. The third-order valence-corrected chi connectivity index (χ3v) is 4.59. The molecule has 18 heavy (non-hydrogen) atoms. The summed E-state index contributed by atoms with van der Waals surface area (Å²) in [7, 11) is 0. The molecular weight excluding hydrogens is 286 g/mol. The first-order valence-corrected chi connectivity index (χ1v) is 7.61. The lowest BCUT2D eigenvalue weighted by Crippen LogP contribution is -2.14. The average Bonchev–Trinajstić information content (AvgIpc) is 2.86. The van der Waals surface area contributed by atoms with Crippen LogP contribution in [0.5, 0.6) is 0 Å². The van der Waals surface area contributed by atoms with Gasteiger partial charge >= 0.3 is 0 Å². The van der Waals surface area contributed by atoms with Gasteiger partial charge in [0.15, 0.2) is 3.95 Å². The largest absolute Gasteiger partial charge is 0.341 e. The number of hydrogen-bond acceptors (Lipinski definition) is 5. The molecule has 0 aliphatic heterocycles. The van der Waals surface area contributed by atoms with Crippen molar-refractivity contribution in [2.45, 2.75) is 26.7 Å². The smallest absolute Gasteiger partial charge is 0.230 e. The van der Waals surface area contributed by atoms with Gasteiger partial charge in [-0.15, -0.1) is 22.7 Å². The molecule has 1 amide bonds. The van der Waals surface area contributed by atoms with Gasteiger partial charge in [-0.05, 0) is 25.6 Å². The quantitative estimate of drug-likeness (QED) is 0.852. The Bertz CT molecular complexity index is 611. The van der Waals surface area contributed by atoms with Gasteiger partial charge < -0.3 is 10.3 Å². The zero-order valence-electron chi connectivity index (χ0n) is 10.1. The van der Waals surface area contributed by atoms with Crippen LogP contribution in [-0.4, -0.2) is 15.9 Å². The van der Waals surface area contributed by atoms with Gasteiger partial charge in [-0.1, -0.05) is 6.92 Å². The highest BCUT2D eigenvalue weighted by atomic mass is 32.1. The third kappa shape index (κ3) is 3.04. The molecule has 0 fully saturated rings. The molecule has 0 atom stereocenters. The minimum absolute atomic E-state index is 0.0256. The number of H-pyrrole nitrogens is 1. The summed E-state index contributed by atoms with van der Waals surface area (Å²) in [5.41, 5.74) is 3.66. The molecule has 2 N–H and O–H groups in total. The summed E-state index contributed by atoms with van der Waals surface area (Å²) in [6.07, 6.45) is 1.17. The number of nitrogens with one attached hydrogen (secondary N) is 2. The number of thiazole rings is 2. The zero-order valence-corrected chi connectivity index (χ0v) is 12.5. The van der Waals surface area contributed by atoms with Crippen LogP contribution in [0.25, 0.3) is 0 Å². The van der Waals surface area contributed by atoms with Gasteiger partial charge in [0.25, 0.3) is 0 Å². The summed E-state index contributed by atoms with van der Waals surface area (Å²) in [5.74, 6) is -0.0256. The Morgan fingerprint density at radius 1 is 1.61 bits per heavy atom. The Kier molecular flexibility index (Phi) is 4.26. The van der Waals surface area contributed by atoms with Gasteiger partial charge in [0.2, 0.25) is 5.91 Å². The molecule has 0 radical (unpaired) electrons. The number of aromatic amines is 1. The number of nitrogens with zero attached hydrogens (tertiary/aromatic N) is 1. The first-order valence-electron chi connectivity index (χ1n) is 5.51. The van der Waals surface area contributed by atoms with E-state index in [9.17, 15) is 4.79 Å². The minimum Gasteiger partial charge on any atom is -0.341 e. The Morgan fingerprint density at radius 3 is 3.00 bits per heavy atom. The van der Waals surface area contributed by atoms with E-state index in [0.29, 0.717) is 10.4 Å². The van der Waals surface area contributed by atoms with Crippen LogP contribution in [0, 0.1) is 10.9 Å². The molecule has 96 valence electrons. The summed E-state index contributed by atoms with van der Waals surface area (Å²) in [6, 6.07) is 0. The summed E-state index contributed by atoms with van der Waals surface area (Å²) in [6.45, 7) is 3.95. The van der Waals surface area contributed by atoms with Crippen molar-refractivity contribution in [3.8, 4) is 0 Å². The molecule has 0 spiro atoms. The first-order chi connectivity index (χ1) is 8.60. The molecule has 2 aromatic rings. The monoisotopic (exact) mass is 299 g/mol. The number of aryl methyl sites for hydroxylation is 2. The highest BCUT2D eigenvalue weighted by Gasteiger charge is 2.11. The Morgan fingerprint density at radius 2 is 2.39 bits per heavy atom. The van der Waals surface area contributed by atoms with E-state index in [1.54, 1.807) is 5.51 Å². The van der Waals surface area contributed by atoms with Crippen LogP contribution in [0.2, 0.25) is 0 Å².